The van der Waals surface area contributed by atoms with Gasteiger partial charge in [0.15, 0.2) is 0 Å². The monoisotopic (exact) mass is 477 g/mol. The van der Waals surface area contributed by atoms with Crippen LogP contribution >= 0.6 is 24.0 Å². The van der Waals surface area contributed by atoms with Gasteiger partial charge >= 0.3 is 0 Å². The number of hydrogen-bond donors (Lipinski definition) is 0. The maximum absolute atomic E-state index is 13.0. The Hall–Kier alpha value is -2.90. The van der Waals surface area contributed by atoms with E-state index >= 15 is 0 Å². The van der Waals surface area contributed by atoms with Crippen LogP contribution in [0.4, 0.5) is 0 Å². The summed E-state index contributed by atoms with van der Waals surface area (Å²) < 4.78 is 8.29. The molecule has 0 N–H and O–H groups in total. The molecule has 0 saturated carbocycles. The topological polar surface area (TPSA) is 47.4 Å². The van der Waals surface area contributed by atoms with E-state index in [1.165, 1.54) is 11.8 Å². The van der Waals surface area contributed by atoms with Gasteiger partial charge in [0.1, 0.15) is 15.8 Å². The molecule has 0 spiro atoms. The summed E-state index contributed by atoms with van der Waals surface area (Å²) in [7, 11) is 0. The Balaban J connectivity index is 1.81. The van der Waals surface area contributed by atoms with E-state index in [2.05, 4.69) is 0 Å². The van der Waals surface area contributed by atoms with Crippen LogP contribution in [0.2, 0.25) is 0 Å². The molecule has 2 heterocycles. The van der Waals surface area contributed by atoms with Crippen molar-refractivity contribution in [3.05, 3.63) is 70.8 Å². The van der Waals surface area contributed by atoms with E-state index in [-0.39, 0.29) is 18.1 Å². The van der Waals surface area contributed by atoms with E-state index in [0.717, 1.165) is 33.8 Å². The summed E-state index contributed by atoms with van der Waals surface area (Å²) in [5.74, 6) is 0.768. The van der Waals surface area contributed by atoms with Crippen LogP contribution in [0.25, 0.3) is 23.0 Å². The molecule has 3 aromatic rings. The summed E-state index contributed by atoms with van der Waals surface area (Å²) in [5.41, 5.74) is 4.67. The molecular weight excluding hydrogens is 450 g/mol. The van der Waals surface area contributed by atoms with Crippen molar-refractivity contribution >= 4 is 40.3 Å². The van der Waals surface area contributed by atoms with Gasteiger partial charge in [0, 0.05) is 23.4 Å². The molecule has 1 aliphatic heterocycles. The van der Waals surface area contributed by atoms with Crippen LogP contribution in [0, 0.1) is 6.92 Å². The number of thiocarbonyl (C=S) groups is 1. The zero-order valence-electron chi connectivity index (χ0n) is 19.4. The number of carbonyl (C=O) groups excluding carboxylic acids is 1. The number of thioether (sulfide) groups is 1. The largest absolute Gasteiger partial charge is 0.491 e. The van der Waals surface area contributed by atoms with Crippen molar-refractivity contribution in [2.45, 2.75) is 46.8 Å². The van der Waals surface area contributed by atoms with Crippen LogP contribution in [-0.4, -0.2) is 37.1 Å². The molecule has 0 unspecified atom stereocenters. The van der Waals surface area contributed by atoms with Crippen LogP contribution in [-0.2, 0) is 4.79 Å². The Morgan fingerprint density at radius 3 is 2.42 bits per heavy atom. The van der Waals surface area contributed by atoms with E-state index in [0.29, 0.717) is 9.23 Å². The van der Waals surface area contributed by atoms with E-state index in [1.807, 2.05) is 100 Å². The smallest absolute Gasteiger partial charge is 0.266 e. The fourth-order valence-electron chi connectivity index (χ4n) is 3.73. The number of para-hydroxylation sites is 1. The molecule has 1 fully saturated rings. The second-order valence-electron chi connectivity index (χ2n) is 8.50. The molecule has 0 aliphatic carbocycles. The lowest BCUT2D eigenvalue weighted by molar-refractivity contribution is -0.123. The first-order valence-corrected chi connectivity index (χ1v) is 12.2. The Kier molecular flexibility index (Phi) is 6.72. The summed E-state index contributed by atoms with van der Waals surface area (Å²) in [4.78, 5) is 15.3. The molecule has 5 nitrogen and oxygen atoms in total. The fraction of sp³-hybridized carbons (Fsp3) is 0.269. The fourth-order valence-corrected chi connectivity index (χ4v) is 5.24. The van der Waals surface area contributed by atoms with Crippen LogP contribution in [0.1, 0.15) is 38.8 Å². The standard InChI is InChI=1S/C26H27N3O2S2/c1-16(2)29-25(30)23(33-26(29)32)14-19-15-28(20-9-7-6-8-10-20)27-24(19)22-12-11-21(13-18(22)5)31-17(3)4/h6-17H,1-5H3/b23-14-. The zero-order valence-corrected chi connectivity index (χ0v) is 21.0. The normalized spacial score (nSPS) is 15.4. The first kappa shape index (κ1) is 23.3. The van der Waals surface area contributed by atoms with Crippen molar-refractivity contribution < 1.29 is 9.53 Å². The summed E-state index contributed by atoms with van der Waals surface area (Å²) in [6.07, 6.45) is 3.97. The average molecular weight is 478 g/mol. The molecule has 1 amide bonds. The first-order chi connectivity index (χ1) is 15.7. The van der Waals surface area contributed by atoms with Gasteiger partial charge in [-0.05, 0) is 76.6 Å². The molecule has 0 atom stereocenters. The third-order valence-electron chi connectivity index (χ3n) is 5.21. The zero-order chi connectivity index (χ0) is 23.7. The third-order valence-corrected chi connectivity index (χ3v) is 6.54. The van der Waals surface area contributed by atoms with Crippen molar-refractivity contribution in [2.24, 2.45) is 0 Å². The molecule has 1 aliphatic rings. The Labute approximate surface area is 204 Å². The quantitative estimate of drug-likeness (QED) is 0.310. The van der Waals surface area contributed by atoms with E-state index < -0.39 is 0 Å². The number of hydrogen-bond acceptors (Lipinski definition) is 5. The second kappa shape index (κ2) is 9.53. The lowest BCUT2D eigenvalue weighted by Gasteiger charge is -2.18. The molecule has 0 radical (unpaired) electrons. The van der Waals surface area contributed by atoms with Gasteiger partial charge in [-0.1, -0.05) is 42.2 Å². The molecular formula is C26H27N3O2S2. The Bertz CT molecular complexity index is 1230. The van der Waals surface area contributed by atoms with Gasteiger partial charge < -0.3 is 4.74 Å². The third kappa shape index (κ3) is 4.89. The average Bonchev–Trinajstić information content (AvgIpc) is 3.29. The highest BCUT2D eigenvalue weighted by Gasteiger charge is 2.34. The lowest BCUT2D eigenvalue weighted by atomic mass is 10.0. The number of benzene rings is 2. The predicted molar refractivity (Wildman–Crippen MR) is 140 cm³/mol. The van der Waals surface area contributed by atoms with E-state index in [1.54, 1.807) is 4.90 Å². The summed E-state index contributed by atoms with van der Waals surface area (Å²) >= 11 is 6.80. The van der Waals surface area contributed by atoms with Gasteiger partial charge in [-0.2, -0.15) is 5.10 Å². The van der Waals surface area contributed by atoms with Gasteiger partial charge in [0.2, 0.25) is 0 Å². The lowest BCUT2D eigenvalue weighted by Crippen LogP contribution is -2.34. The van der Waals surface area contributed by atoms with Crippen molar-refractivity contribution in [2.75, 3.05) is 0 Å². The number of carbonyl (C=O) groups is 1. The minimum atomic E-state index is -0.0594. The number of amides is 1. The summed E-state index contributed by atoms with van der Waals surface area (Å²) in [6, 6.07) is 16.0. The molecule has 0 bridgehead atoms. The maximum atomic E-state index is 13.0. The van der Waals surface area contributed by atoms with Crippen LogP contribution < -0.4 is 4.74 Å². The Morgan fingerprint density at radius 2 is 1.82 bits per heavy atom. The highest BCUT2D eigenvalue weighted by atomic mass is 32.2. The minimum absolute atomic E-state index is 0.0191. The molecule has 7 heteroatoms. The van der Waals surface area contributed by atoms with E-state index in [4.69, 9.17) is 22.1 Å². The predicted octanol–water partition coefficient (Wildman–Crippen LogP) is 6.24. The van der Waals surface area contributed by atoms with Crippen molar-refractivity contribution in [3.8, 4) is 22.7 Å². The molecule has 1 aromatic heterocycles. The maximum Gasteiger partial charge on any atom is 0.266 e. The highest BCUT2D eigenvalue weighted by molar-refractivity contribution is 8.26. The highest BCUT2D eigenvalue weighted by Crippen LogP contribution is 2.37. The van der Waals surface area contributed by atoms with Crippen molar-refractivity contribution in [1.82, 2.24) is 14.7 Å². The number of nitrogens with zero attached hydrogens (tertiary/aromatic N) is 3. The number of aryl methyl sites for hydroxylation is 1. The Morgan fingerprint density at radius 1 is 1.09 bits per heavy atom. The summed E-state index contributed by atoms with van der Waals surface area (Å²) in [6.45, 7) is 10.0. The van der Waals surface area contributed by atoms with Gasteiger partial charge in [0.05, 0.1) is 16.7 Å². The minimum Gasteiger partial charge on any atom is -0.491 e. The van der Waals surface area contributed by atoms with Crippen molar-refractivity contribution in [1.29, 1.82) is 0 Å². The van der Waals surface area contributed by atoms with Crippen LogP contribution in [0.3, 0.4) is 0 Å². The van der Waals surface area contributed by atoms with Crippen molar-refractivity contribution in [3.63, 3.8) is 0 Å². The molecule has 33 heavy (non-hydrogen) atoms. The molecule has 4 rings (SSSR count). The van der Waals surface area contributed by atoms with Gasteiger partial charge in [-0.25, -0.2) is 4.68 Å². The van der Waals surface area contributed by atoms with E-state index in [9.17, 15) is 4.79 Å². The molecule has 2 aromatic carbocycles. The number of ether oxygens (including phenoxy) is 1. The first-order valence-electron chi connectivity index (χ1n) is 10.9. The SMILES string of the molecule is Cc1cc(OC(C)C)ccc1-c1nn(-c2ccccc2)cc1/C=C1\SC(=S)N(C(C)C)C1=O. The van der Waals surface area contributed by atoms with Crippen LogP contribution in [0.15, 0.2) is 59.6 Å². The van der Waals surface area contributed by atoms with Crippen LogP contribution in [0.5, 0.6) is 5.75 Å². The van der Waals surface area contributed by atoms with Gasteiger partial charge in [-0.3, -0.25) is 9.69 Å². The number of rotatable bonds is 6. The molecule has 1 saturated heterocycles. The second-order valence-corrected chi connectivity index (χ2v) is 10.2. The number of aromatic nitrogens is 2. The summed E-state index contributed by atoms with van der Waals surface area (Å²) in [5, 5.41) is 4.91. The van der Waals surface area contributed by atoms with Gasteiger partial charge in [-0.15, -0.1) is 0 Å². The molecule has 170 valence electrons. The van der Waals surface area contributed by atoms with Gasteiger partial charge in [0.25, 0.3) is 5.91 Å².